The molecule has 2 aromatic rings. The summed E-state index contributed by atoms with van der Waals surface area (Å²) < 4.78 is 11.2. The first-order valence-electron chi connectivity index (χ1n) is 7.72. The van der Waals surface area contributed by atoms with Crippen molar-refractivity contribution >= 4 is 5.90 Å². The second-order valence-electron chi connectivity index (χ2n) is 5.59. The van der Waals surface area contributed by atoms with E-state index in [1.807, 2.05) is 0 Å². The molecule has 1 aromatic heterocycles. The zero-order chi connectivity index (χ0) is 16.2. The SMILES string of the molecule is COc1ccc(-[n+]2[nH]oc(=O)c2C([O-])=NC2CCCCC2)cc1. The van der Waals surface area contributed by atoms with Crippen molar-refractivity contribution in [2.45, 2.75) is 38.1 Å². The Morgan fingerprint density at radius 2 is 2.00 bits per heavy atom. The average Bonchev–Trinajstić information content (AvgIpc) is 2.97. The summed E-state index contributed by atoms with van der Waals surface area (Å²) in [5.41, 5.74) is -0.232. The van der Waals surface area contributed by atoms with E-state index in [1.165, 1.54) is 11.1 Å². The van der Waals surface area contributed by atoms with E-state index in [0.29, 0.717) is 11.4 Å². The maximum Gasteiger partial charge on any atom is 0.436 e. The minimum atomic E-state index is -0.717. The van der Waals surface area contributed by atoms with Gasteiger partial charge in [-0.15, -0.1) is 0 Å². The number of aromatic nitrogens is 2. The van der Waals surface area contributed by atoms with Crippen molar-refractivity contribution in [3.05, 3.63) is 40.4 Å². The summed E-state index contributed by atoms with van der Waals surface area (Å²) in [6, 6.07) is 6.92. The first kappa shape index (κ1) is 15.3. The van der Waals surface area contributed by atoms with Gasteiger partial charge in [-0.25, -0.2) is 4.79 Å². The van der Waals surface area contributed by atoms with Crippen molar-refractivity contribution in [3.8, 4) is 11.4 Å². The fourth-order valence-electron chi connectivity index (χ4n) is 2.81. The molecule has 0 bridgehead atoms. The molecule has 122 valence electrons. The highest BCUT2D eigenvalue weighted by Crippen LogP contribution is 2.20. The van der Waals surface area contributed by atoms with Gasteiger partial charge in [0.05, 0.1) is 13.0 Å². The highest BCUT2D eigenvalue weighted by atomic mass is 16.5. The molecule has 0 atom stereocenters. The summed E-state index contributed by atoms with van der Waals surface area (Å²) in [4.78, 5) is 16.1. The van der Waals surface area contributed by atoms with Crippen molar-refractivity contribution in [2.24, 2.45) is 4.99 Å². The zero-order valence-corrected chi connectivity index (χ0v) is 12.9. The summed E-state index contributed by atoms with van der Waals surface area (Å²) in [7, 11) is 1.57. The molecule has 0 spiro atoms. The lowest BCUT2D eigenvalue weighted by molar-refractivity contribution is -0.673. The zero-order valence-electron chi connectivity index (χ0n) is 12.9. The molecule has 7 nitrogen and oxygen atoms in total. The molecule has 1 aliphatic carbocycles. The van der Waals surface area contributed by atoms with E-state index in [0.717, 1.165) is 25.7 Å². The molecule has 1 aliphatic rings. The van der Waals surface area contributed by atoms with E-state index in [4.69, 9.17) is 9.26 Å². The summed E-state index contributed by atoms with van der Waals surface area (Å²) >= 11 is 0. The Hall–Kier alpha value is -2.57. The molecule has 1 N–H and O–H groups in total. The quantitative estimate of drug-likeness (QED) is 0.510. The van der Waals surface area contributed by atoms with E-state index >= 15 is 0 Å². The van der Waals surface area contributed by atoms with Crippen LogP contribution < -0.4 is 20.2 Å². The molecule has 23 heavy (non-hydrogen) atoms. The first-order chi connectivity index (χ1) is 11.2. The van der Waals surface area contributed by atoms with Gasteiger partial charge in [-0.2, -0.15) is 0 Å². The van der Waals surface area contributed by atoms with Crippen LogP contribution >= 0.6 is 0 Å². The molecule has 3 rings (SSSR count). The van der Waals surface area contributed by atoms with Gasteiger partial charge >= 0.3 is 11.3 Å². The monoisotopic (exact) mass is 317 g/mol. The summed E-state index contributed by atoms with van der Waals surface area (Å²) in [6.07, 6.45) is 5.11. The van der Waals surface area contributed by atoms with Gasteiger partial charge in [0.25, 0.3) is 0 Å². The molecule has 0 aliphatic heterocycles. The van der Waals surface area contributed by atoms with Crippen LogP contribution in [-0.2, 0) is 0 Å². The molecule has 0 saturated heterocycles. The number of methoxy groups -OCH3 is 1. The predicted octanol–water partition coefficient (Wildman–Crippen LogP) is 0.693. The Morgan fingerprint density at radius 1 is 1.30 bits per heavy atom. The van der Waals surface area contributed by atoms with Crippen molar-refractivity contribution in [1.29, 1.82) is 0 Å². The van der Waals surface area contributed by atoms with E-state index in [1.54, 1.807) is 31.4 Å². The maximum atomic E-state index is 12.4. The number of hydrogen-bond acceptors (Lipinski definition) is 5. The Kier molecular flexibility index (Phi) is 4.45. The fourth-order valence-corrected chi connectivity index (χ4v) is 2.81. The van der Waals surface area contributed by atoms with Gasteiger partial charge in [0.15, 0.2) is 0 Å². The highest BCUT2D eigenvalue weighted by Gasteiger charge is 2.24. The number of nitrogens with zero attached hydrogens (tertiary/aromatic N) is 2. The van der Waals surface area contributed by atoms with Crippen molar-refractivity contribution in [3.63, 3.8) is 0 Å². The van der Waals surface area contributed by atoms with Gasteiger partial charge in [0.1, 0.15) is 5.75 Å². The Balaban J connectivity index is 1.94. The molecule has 0 unspecified atom stereocenters. The first-order valence-corrected chi connectivity index (χ1v) is 7.72. The number of nitrogens with one attached hydrogen (secondary N) is 1. The molecule has 7 heteroatoms. The molecule has 1 heterocycles. The van der Waals surface area contributed by atoms with Gasteiger partial charge in [-0.05, 0) is 34.9 Å². The second kappa shape index (κ2) is 6.68. The van der Waals surface area contributed by atoms with E-state index in [2.05, 4.69) is 10.3 Å². The summed E-state index contributed by atoms with van der Waals surface area (Å²) in [5, 5.41) is 14.9. The van der Waals surface area contributed by atoms with Crippen LogP contribution in [0.1, 0.15) is 37.8 Å². The third-order valence-electron chi connectivity index (χ3n) is 4.05. The Bertz CT molecular complexity index is 739. The van der Waals surface area contributed by atoms with Crippen molar-refractivity contribution in [1.82, 2.24) is 5.27 Å². The lowest BCUT2D eigenvalue weighted by Crippen LogP contribution is -2.45. The molecule has 0 radical (unpaired) electrons. The van der Waals surface area contributed by atoms with E-state index in [-0.39, 0.29) is 11.7 Å². The smallest absolute Gasteiger partial charge is 0.436 e. The number of rotatable bonds is 4. The van der Waals surface area contributed by atoms with Crippen LogP contribution in [0, 0.1) is 0 Å². The number of aromatic amines is 1. The third-order valence-corrected chi connectivity index (χ3v) is 4.05. The van der Waals surface area contributed by atoms with Gasteiger partial charge in [0.2, 0.25) is 5.69 Å². The Morgan fingerprint density at radius 3 is 2.65 bits per heavy atom. The van der Waals surface area contributed by atoms with E-state index < -0.39 is 11.5 Å². The maximum absolute atomic E-state index is 12.4. The minimum absolute atomic E-state index is 0.00475. The van der Waals surface area contributed by atoms with Gasteiger partial charge in [-0.3, -0.25) is 9.52 Å². The van der Waals surface area contributed by atoms with Gasteiger partial charge in [0, 0.05) is 18.2 Å². The number of H-pyrrole nitrogens is 1. The van der Waals surface area contributed by atoms with Gasteiger partial charge < -0.3 is 9.84 Å². The van der Waals surface area contributed by atoms with E-state index in [9.17, 15) is 9.90 Å². The number of benzene rings is 1. The van der Waals surface area contributed by atoms with Crippen LogP contribution in [0.5, 0.6) is 5.75 Å². The molecule has 1 saturated carbocycles. The van der Waals surface area contributed by atoms with Gasteiger partial charge in [-0.1, -0.05) is 19.3 Å². The van der Waals surface area contributed by atoms with Crippen LogP contribution in [-0.4, -0.2) is 24.3 Å². The predicted molar refractivity (Wildman–Crippen MR) is 80.8 cm³/mol. The lowest BCUT2D eigenvalue weighted by atomic mass is 9.96. The minimum Gasteiger partial charge on any atom is -0.854 e. The largest absolute Gasteiger partial charge is 0.854 e. The topological polar surface area (TPSA) is 94.5 Å². The molecular formula is C16H19N3O4. The van der Waals surface area contributed by atoms with Crippen LogP contribution in [0.15, 0.2) is 38.6 Å². The van der Waals surface area contributed by atoms with Crippen molar-refractivity contribution < 1.29 is 19.0 Å². The number of aliphatic imine (C=N–C) groups is 1. The van der Waals surface area contributed by atoms with Crippen molar-refractivity contribution in [2.75, 3.05) is 7.11 Å². The fraction of sp³-hybridized carbons (Fsp3) is 0.438. The molecular weight excluding hydrogens is 298 g/mol. The van der Waals surface area contributed by atoms with Crippen LogP contribution in [0.3, 0.4) is 0 Å². The molecule has 1 aromatic carbocycles. The lowest BCUT2D eigenvalue weighted by Gasteiger charge is -2.19. The Labute approximate surface area is 133 Å². The standard InChI is InChI=1S/C16H19N3O4/c1-22-13-9-7-12(8-10-13)19-14(16(21)23-18-19)15(20)17-11-5-3-2-4-6-11/h7-11H,2-6H2,1H3,(H-,17,18,20,21). The second-order valence-corrected chi connectivity index (χ2v) is 5.59. The van der Waals surface area contributed by atoms with Crippen LogP contribution in [0.4, 0.5) is 0 Å². The van der Waals surface area contributed by atoms with Crippen LogP contribution in [0.25, 0.3) is 5.69 Å². The molecule has 0 amide bonds. The van der Waals surface area contributed by atoms with Crippen LogP contribution in [0.2, 0.25) is 0 Å². The summed E-state index contributed by atoms with van der Waals surface area (Å²) in [6.45, 7) is 0. The third kappa shape index (κ3) is 3.28. The highest BCUT2D eigenvalue weighted by molar-refractivity contribution is 5.86. The molecule has 1 fully saturated rings. The average molecular weight is 317 g/mol. The summed E-state index contributed by atoms with van der Waals surface area (Å²) in [5.74, 6) is 0.141. The normalized spacial score (nSPS) is 16.5. The number of ether oxygens (including phenoxy) is 1. The number of hydrogen-bond donors (Lipinski definition) is 1.